The van der Waals surface area contributed by atoms with Gasteiger partial charge in [0, 0.05) is 31.7 Å². The van der Waals surface area contributed by atoms with Gasteiger partial charge in [-0.15, -0.1) is 0 Å². The second-order valence-corrected chi connectivity index (χ2v) is 8.08. The summed E-state index contributed by atoms with van der Waals surface area (Å²) >= 11 is 0. The van der Waals surface area contributed by atoms with Gasteiger partial charge in [0.15, 0.2) is 0 Å². The molecule has 1 N–H and O–H groups in total. The molecule has 0 aliphatic carbocycles. The summed E-state index contributed by atoms with van der Waals surface area (Å²) in [7, 11) is 0. The number of benzene rings is 2. The minimum absolute atomic E-state index is 0.122. The lowest BCUT2D eigenvalue weighted by Gasteiger charge is -2.29. The molecule has 1 amide bonds. The van der Waals surface area contributed by atoms with Crippen molar-refractivity contribution in [1.82, 2.24) is 9.80 Å². The molecule has 1 unspecified atom stereocenters. The van der Waals surface area contributed by atoms with Crippen LogP contribution in [0.2, 0.25) is 0 Å². The number of hydrogen-bond donors (Lipinski definition) is 1. The average Bonchev–Trinajstić information content (AvgIpc) is 3.05. The fraction of sp³-hybridized carbons (Fsp3) is 0.360. The number of nitrogens with zero attached hydrogens (tertiary/aromatic N) is 2. The zero-order valence-corrected chi connectivity index (χ0v) is 17.8. The zero-order valence-electron chi connectivity index (χ0n) is 17.8. The van der Waals surface area contributed by atoms with Gasteiger partial charge in [0.25, 0.3) is 11.7 Å². The van der Waals surface area contributed by atoms with Crippen LogP contribution in [-0.4, -0.2) is 66.0 Å². The third kappa shape index (κ3) is 4.55. The van der Waals surface area contributed by atoms with Crippen LogP contribution in [-0.2, 0) is 14.3 Å². The van der Waals surface area contributed by atoms with Crippen molar-refractivity contribution in [2.45, 2.75) is 19.4 Å². The number of morpholine rings is 1. The van der Waals surface area contributed by atoms with Gasteiger partial charge in [-0.05, 0) is 18.9 Å². The molecule has 2 aromatic rings. The molecule has 6 nitrogen and oxygen atoms in total. The summed E-state index contributed by atoms with van der Waals surface area (Å²) in [5, 5.41) is 11.0. The first-order valence-electron chi connectivity index (χ1n) is 10.8. The predicted molar refractivity (Wildman–Crippen MR) is 119 cm³/mol. The SMILES string of the molecule is Cc1ccc(/C(O)=C2/C(=O)C(=O)N(CCCN3CCOCC3)C2c2ccccc2)cc1. The van der Waals surface area contributed by atoms with Crippen LogP contribution in [0.5, 0.6) is 0 Å². The Hall–Kier alpha value is -2.96. The van der Waals surface area contributed by atoms with Crippen LogP contribution < -0.4 is 0 Å². The van der Waals surface area contributed by atoms with Gasteiger partial charge in [-0.25, -0.2) is 0 Å². The summed E-state index contributed by atoms with van der Waals surface area (Å²) < 4.78 is 5.39. The van der Waals surface area contributed by atoms with Crippen LogP contribution in [0.1, 0.15) is 29.2 Å². The molecule has 2 fully saturated rings. The van der Waals surface area contributed by atoms with E-state index in [1.165, 1.54) is 0 Å². The number of aryl methyl sites for hydroxylation is 1. The average molecular weight is 421 g/mol. The predicted octanol–water partition coefficient (Wildman–Crippen LogP) is 3.14. The van der Waals surface area contributed by atoms with E-state index in [-0.39, 0.29) is 11.3 Å². The smallest absolute Gasteiger partial charge is 0.295 e. The van der Waals surface area contributed by atoms with E-state index < -0.39 is 17.7 Å². The lowest BCUT2D eigenvalue weighted by molar-refractivity contribution is -0.140. The largest absolute Gasteiger partial charge is 0.507 e. The fourth-order valence-corrected chi connectivity index (χ4v) is 4.25. The highest BCUT2D eigenvalue weighted by molar-refractivity contribution is 6.46. The quantitative estimate of drug-likeness (QED) is 0.442. The Kier molecular flexibility index (Phi) is 6.49. The molecule has 6 heteroatoms. The third-order valence-electron chi connectivity index (χ3n) is 5.96. The van der Waals surface area contributed by atoms with Crippen LogP contribution in [0.25, 0.3) is 5.76 Å². The first-order chi connectivity index (χ1) is 15.1. The maximum absolute atomic E-state index is 13.0. The second-order valence-electron chi connectivity index (χ2n) is 8.08. The van der Waals surface area contributed by atoms with Gasteiger partial charge in [-0.1, -0.05) is 60.2 Å². The van der Waals surface area contributed by atoms with Gasteiger partial charge in [0.05, 0.1) is 24.8 Å². The number of carbonyl (C=O) groups is 2. The van der Waals surface area contributed by atoms with Crippen molar-refractivity contribution < 1.29 is 19.4 Å². The third-order valence-corrected chi connectivity index (χ3v) is 5.96. The molecule has 2 aliphatic heterocycles. The molecule has 2 aromatic carbocycles. The number of hydrogen-bond acceptors (Lipinski definition) is 5. The zero-order chi connectivity index (χ0) is 21.8. The maximum atomic E-state index is 13.0. The lowest BCUT2D eigenvalue weighted by Crippen LogP contribution is -2.38. The standard InChI is InChI=1S/C25H28N2O4/c1-18-8-10-20(11-9-18)23(28)21-22(19-6-3-2-4-7-19)27(25(30)24(21)29)13-5-12-26-14-16-31-17-15-26/h2-4,6-11,22,28H,5,12-17H2,1H3/b23-21-. The van der Waals surface area contributed by atoms with Crippen molar-refractivity contribution in [3.8, 4) is 0 Å². The molecule has 162 valence electrons. The van der Waals surface area contributed by atoms with Crippen LogP contribution in [0.3, 0.4) is 0 Å². The molecule has 2 heterocycles. The summed E-state index contributed by atoms with van der Waals surface area (Å²) in [6, 6.07) is 16.2. The number of ketones is 1. The molecule has 0 radical (unpaired) electrons. The van der Waals surface area contributed by atoms with Gasteiger partial charge in [-0.2, -0.15) is 0 Å². The van der Waals surface area contributed by atoms with E-state index in [1.54, 1.807) is 17.0 Å². The molecular formula is C25H28N2O4. The number of carbonyl (C=O) groups excluding carboxylic acids is 2. The molecule has 2 saturated heterocycles. The van der Waals surface area contributed by atoms with Crippen molar-refractivity contribution in [1.29, 1.82) is 0 Å². The number of Topliss-reactive ketones (excluding diaryl/α,β-unsaturated/α-hetero) is 1. The topological polar surface area (TPSA) is 70.1 Å². The molecular weight excluding hydrogens is 392 g/mol. The first-order valence-corrected chi connectivity index (χ1v) is 10.8. The number of likely N-dealkylation sites (tertiary alicyclic amines) is 1. The highest BCUT2D eigenvalue weighted by atomic mass is 16.5. The van der Waals surface area contributed by atoms with Gasteiger partial charge < -0.3 is 14.7 Å². The number of rotatable bonds is 6. The van der Waals surface area contributed by atoms with E-state index in [9.17, 15) is 14.7 Å². The summed E-state index contributed by atoms with van der Waals surface area (Å²) in [5.74, 6) is -1.30. The minimum atomic E-state index is -0.627. The fourth-order valence-electron chi connectivity index (χ4n) is 4.25. The Morgan fingerprint density at radius 2 is 1.68 bits per heavy atom. The van der Waals surface area contributed by atoms with E-state index in [0.717, 1.165) is 50.4 Å². The summed E-state index contributed by atoms with van der Waals surface area (Å²) in [5.41, 5.74) is 2.57. The Balaban J connectivity index is 1.64. The van der Waals surface area contributed by atoms with E-state index in [4.69, 9.17) is 4.74 Å². The van der Waals surface area contributed by atoms with Crippen molar-refractivity contribution in [3.05, 3.63) is 76.9 Å². The summed E-state index contributed by atoms with van der Waals surface area (Å²) in [4.78, 5) is 29.9. The van der Waals surface area contributed by atoms with E-state index in [1.807, 2.05) is 49.4 Å². The Morgan fingerprint density at radius 3 is 2.35 bits per heavy atom. The molecule has 0 saturated carbocycles. The van der Waals surface area contributed by atoms with E-state index >= 15 is 0 Å². The summed E-state index contributed by atoms with van der Waals surface area (Å²) in [6.45, 7) is 6.47. The van der Waals surface area contributed by atoms with Crippen LogP contribution >= 0.6 is 0 Å². The number of ether oxygens (including phenoxy) is 1. The van der Waals surface area contributed by atoms with E-state index in [0.29, 0.717) is 12.1 Å². The molecule has 0 aromatic heterocycles. The van der Waals surface area contributed by atoms with Crippen LogP contribution in [0, 0.1) is 6.92 Å². The van der Waals surface area contributed by atoms with Crippen LogP contribution in [0.15, 0.2) is 60.2 Å². The molecule has 0 spiro atoms. The second kappa shape index (κ2) is 9.45. The monoisotopic (exact) mass is 420 g/mol. The Labute approximate surface area is 182 Å². The Morgan fingerprint density at radius 1 is 1.00 bits per heavy atom. The normalized spacial score (nSPS) is 21.6. The number of aliphatic hydroxyl groups excluding tert-OH is 1. The lowest BCUT2D eigenvalue weighted by atomic mass is 9.95. The maximum Gasteiger partial charge on any atom is 0.295 e. The minimum Gasteiger partial charge on any atom is -0.507 e. The van der Waals surface area contributed by atoms with Gasteiger partial charge in [-0.3, -0.25) is 14.5 Å². The summed E-state index contributed by atoms with van der Waals surface area (Å²) in [6.07, 6.45) is 0.751. The van der Waals surface area contributed by atoms with Crippen molar-refractivity contribution in [3.63, 3.8) is 0 Å². The molecule has 31 heavy (non-hydrogen) atoms. The molecule has 0 bridgehead atoms. The Bertz CT molecular complexity index is 963. The van der Waals surface area contributed by atoms with Gasteiger partial charge in [0.1, 0.15) is 5.76 Å². The number of aliphatic hydroxyl groups is 1. The molecule has 4 rings (SSSR count). The highest BCUT2D eigenvalue weighted by Crippen LogP contribution is 2.39. The van der Waals surface area contributed by atoms with E-state index in [2.05, 4.69) is 4.90 Å². The van der Waals surface area contributed by atoms with Crippen molar-refractivity contribution in [2.75, 3.05) is 39.4 Å². The van der Waals surface area contributed by atoms with Gasteiger partial charge >= 0.3 is 0 Å². The molecule has 2 aliphatic rings. The first kappa shape index (κ1) is 21.3. The van der Waals surface area contributed by atoms with Crippen LogP contribution in [0.4, 0.5) is 0 Å². The van der Waals surface area contributed by atoms with Crippen molar-refractivity contribution in [2.24, 2.45) is 0 Å². The van der Waals surface area contributed by atoms with Gasteiger partial charge in [0.2, 0.25) is 0 Å². The highest BCUT2D eigenvalue weighted by Gasteiger charge is 2.45. The van der Waals surface area contributed by atoms with Crippen molar-refractivity contribution >= 4 is 17.4 Å². The number of amides is 1. The molecule has 1 atom stereocenters.